The van der Waals surface area contributed by atoms with E-state index in [1.54, 1.807) is 6.07 Å². The molecule has 0 saturated carbocycles. The van der Waals surface area contributed by atoms with Gasteiger partial charge in [-0.1, -0.05) is 41.5 Å². The number of sulfonamides is 1. The first-order valence-electron chi connectivity index (χ1n) is 7.33. The van der Waals surface area contributed by atoms with Gasteiger partial charge in [0.2, 0.25) is 10.0 Å². The predicted octanol–water partition coefficient (Wildman–Crippen LogP) is 3.21. The van der Waals surface area contributed by atoms with Gasteiger partial charge in [0.1, 0.15) is 0 Å². The molecule has 1 rings (SSSR count). The zero-order valence-corrected chi connectivity index (χ0v) is 15.5. The standard InChI is InChI=1S/C15H28N2O2S2/c1-11(2)16-10-13-14(7-8-20-13)21(18,19)17-9-12(3)15(4,5)6/h7-8,11-12,16-17H,9-10H2,1-6H3. The van der Waals surface area contributed by atoms with Gasteiger partial charge in [0.05, 0.1) is 4.90 Å². The summed E-state index contributed by atoms with van der Waals surface area (Å²) in [6, 6.07) is 2.02. The fourth-order valence-corrected chi connectivity index (χ4v) is 4.14. The van der Waals surface area contributed by atoms with Crippen LogP contribution in [0.25, 0.3) is 0 Å². The van der Waals surface area contributed by atoms with E-state index in [2.05, 4.69) is 37.7 Å². The van der Waals surface area contributed by atoms with Gasteiger partial charge in [0.15, 0.2) is 0 Å². The van der Waals surface area contributed by atoms with Gasteiger partial charge < -0.3 is 5.32 Å². The summed E-state index contributed by atoms with van der Waals surface area (Å²) in [7, 11) is -3.43. The zero-order chi connectivity index (χ0) is 16.3. The minimum atomic E-state index is -3.43. The van der Waals surface area contributed by atoms with Crippen molar-refractivity contribution in [3.63, 3.8) is 0 Å². The van der Waals surface area contributed by atoms with Crippen LogP contribution in [0.4, 0.5) is 0 Å². The van der Waals surface area contributed by atoms with Gasteiger partial charge in [-0.2, -0.15) is 0 Å². The average molecular weight is 333 g/mol. The Labute approximate surface area is 133 Å². The van der Waals surface area contributed by atoms with Gasteiger partial charge in [-0.15, -0.1) is 11.3 Å². The molecule has 6 heteroatoms. The Morgan fingerprint density at radius 3 is 2.38 bits per heavy atom. The zero-order valence-electron chi connectivity index (χ0n) is 13.9. The molecule has 0 spiro atoms. The number of nitrogens with one attached hydrogen (secondary N) is 2. The Kier molecular flexibility index (Phi) is 6.40. The molecule has 122 valence electrons. The van der Waals surface area contributed by atoms with E-state index < -0.39 is 10.0 Å². The lowest BCUT2D eigenvalue weighted by molar-refractivity contribution is 0.263. The summed E-state index contributed by atoms with van der Waals surface area (Å²) in [5, 5.41) is 5.10. The van der Waals surface area contributed by atoms with Crippen molar-refractivity contribution >= 4 is 21.4 Å². The smallest absolute Gasteiger partial charge is 0.241 e. The van der Waals surface area contributed by atoms with Crippen LogP contribution in [0.3, 0.4) is 0 Å². The summed E-state index contributed by atoms with van der Waals surface area (Å²) in [5.74, 6) is 0.267. The molecule has 0 aliphatic rings. The Morgan fingerprint density at radius 2 is 1.86 bits per heavy atom. The highest BCUT2D eigenvalue weighted by molar-refractivity contribution is 7.89. The topological polar surface area (TPSA) is 58.2 Å². The second-order valence-electron chi connectivity index (χ2n) is 6.86. The Balaban J connectivity index is 2.77. The summed E-state index contributed by atoms with van der Waals surface area (Å²) in [6.45, 7) is 13.6. The second-order valence-corrected chi connectivity index (χ2v) is 9.60. The van der Waals surface area contributed by atoms with Gasteiger partial charge in [-0.05, 0) is 22.8 Å². The van der Waals surface area contributed by atoms with Crippen LogP contribution in [-0.4, -0.2) is 21.0 Å². The van der Waals surface area contributed by atoms with Crippen molar-refractivity contribution in [1.82, 2.24) is 10.0 Å². The Morgan fingerprint density at radius 1 is 1.24 bits per heavy atom. The fraction of sp³-hybridized carbons (Fsp3) is 0.733. The van der Waals surface area contributed by atoms with E-state index in [1.165, 1.54) is 11.3 Å². The van der Waals surface area contributed by atoms with Gasteiger partial charge >= 0.3 is 0 Å². The van der Waals surface area contributed by atoms with E-state index in [0.717, 1.165) is 4.88 Å². The summed E-state index contributed by atoms with van der Waals surface area (Å²) >= 11 is 1.48. The number of hydrogen-bond acceptors (Lipinski definition) is 4. The molecule has 0 bridgehead atoms. The number of hydrogen-bond donors (Lipinski definition) is 2. The van der Waals surface area contributed by atoms with Crippen molar-refractivity contribution in [2.45, 2.75) is 59.0 Å². The first-order valence-corrected chi connectivity index (χ1v) is 9.69. The first-order chi connectivity index (χ1) is 9.54. The lowest BCUT2D eigenvalue weighted by atomic mass is 9.82. The van der Waals surface area contributed by atoms with Crippen LogP contribution >= 0.6 is 11.3 Å². The predicted molar refractivity (Wildman–Crippen MR) is 90.1 cm³/mol. The number of rotatable bonds is 7. The van der Waals surface area contributed by atoms with Crippen molar-refractivity contribution in [2.75, 3.05) is 6.54 Å². The van der Waals surface area contributed by atoms with E-state index in [0.29, 0.717) is 24.0 Å². The van der Waals surface area contributed by atoms with Crippen LogP contribution in [0.1, 0.15) is 46.4 Å². The minimum Gasteiger partial charge on any atom is -0.310 e. The van der Waals surface area contributed by atoms with Crippen LogP contribution in [0, 0.1) is 11.3 Å². The van der Waals surface area contributed by atoms with E-state index in [1.807, 2.05) is 19.2 Å². The SMILES string of the molecule is CC(C)NCc1sccc1S(=O)(=O)NCC(C)C(C)(C)C. The van der Waals surface area contributed by atoms with E-state index >= 15 is 0 Å². The highest BCUT2D eigenvalue weighted by Crippen LogP contribution is 2.26. The summed E-state index contributed by atoms with van der Waals surface area (Å²) in [5.41, 5.74) is 0.0825. The van der Waals surface area contributed by atoms with Crippen LogP contribution in [0.5, 0.6) is 0 Å². The molecule has 0 aromatic carbocycles. The third-order valence-electron chi connectivity index (χ3n) is 3.72. The quantitative estimate of drug-likeness (QED) is 0.806. The van der Waals surface area contributed by atoms with Crippen molar-refractivity contribution in [1.29, 1.82) is 0 Å². The summed E-state index contributed by atoms with van der Waals surface area (Å²) in [4.78, 5) is 1.27. The molecule has 1 aromatic heterocycles. The summed E-state index contributed by atoms with van der Waals surface area (Å²) < 4.78 is 27.7. The number of thiophene rings is 1. The van der Waals surface area contributed by atoms with Crippen molar-refractivity contribution in [2.24, 2.45) is 11.3 Å². The highest BCUT2D eigenvalue weighted by Gasteiger charge is 2.24. The molecule has 1 atom stereocenters. The van der Waals surface area contributed by atoms with Crippen LogP contribution in [0.2, 0.25) is 0 Å². The van der Waals surface area contributed by atoms with Crippen molar-refractivity contribution in [3.05, 3.63) is 16.3 Å². The molecule has 21 heavy (non-hydrogen) atoms. The molecule has 0 fully saturated rings. The Bertz CT molecular complexity index is 542. The molecule has 0 saturated heterocycles. The fourth-order valence-electron chi connectivity index (χ4n) is 1.61. The van der Waals surface area contributed by atoms with Crippen molar-refractivity contribution in [3.8, 4) is 0 Å². The van der Waals surface area contributed by atoms with Crippen molar-refractivity contribution < 1.29 is 8.42 Å². The third-order valence-corrected chi connectivity index (χ3v) is 6.28. The highest BCUT2D eigenvalue weighted by atomic mass is 32.2. The largest absolute Gasteiger partial charge is 0.310 e. The van der Waals surface area contributed by atoms with E-state index in [9.17, 15) is 8.42 Å². The van der Waals surface area contributed by atoms with E-state index in [4.69, 9.17) is 0 Å². The molecule has 0 aliphatic heterocycles. The van der Waals surface area contributed by atoms with Gasteiger partial charge in [-0.3, -0.25) is 0 Å². The summed E-state index contributed by atoms with van der Waals surface area (Å²) in [6.07, 6.45) is 0. The maximum atomic E-state index is 12.5. The lowest BCUT2D eigenvalue weighted by Gasteiger charge is -2.27. The first kappa shape index (κ1) is 18.6. The maximum absolute atomic E-state index is 12.5. The second kappa shape index (κ2) is 7.22. The lowest BCUT2D eigenvalue weighted by Crippen LogP contribution is -2.34. The molecule has 0 amide bonds. The third kappa shape index (κ3) is 5.70. The molecule has 1 aromatic rings. The van der Waals surface area contributed by atoms with E-state index in [-0.39, 0.29) is 11.3 Å². The van der Waals surface area contributed by atoms with Crippen LogP contribution < -0.4 is 10.0 Å². The van der Waals surface area contributed by atoms with Gasteiger partial charge in [0.25, 0.3) is 0 Å². The minimum absolute atomic E-state index is 0.0825. The average Bonchev–Trinajstić information content (AvgIpc) is 2.81. The molecule has 0 radical (unpaired) electrons. The molecular formula is C15H28N2O2S2. The molecule has 4 nitrogen and oxygen atoms in total. The van der Waals surface area contributed by atoms with Gasteiger partial charge in [-0.25, -0.2) is 13.1 Å². The molecule has 1 heterocycles. The molecule has 0 aliphatic carbocycles. The molecule has 2 N–H and O–H groups in total. The van der Waals surface area contributed by atoms with Crippen LogP contribution in [0.15, 0.2) is 16.3 Å². The van der Waals surface area contributed by atoms with Gasteiger partial charge in [0, 0.05) is 24.0 Å². The molecular weight excluding hydrogens is 304 g/mol. The monoisotopic (exact) mass is 332 g/mol. The molecule has 1 unspecified atom stereocenters. The maximum Gasteiger partial charge on any atom is 0.241 e. The van der Waals surface area contributed by atoms with Crippen LogP contribution in [-0.2, 0) is 16.6 Å². The normalized spacial score (nSPS) is 14.6. The Hall–Kier alpha value is -0.430.